The Morgan fingerprint density at radius 3 is 2.80 bits per heavy atom. The molecule has 0 spiro atoms. The summed E-state index contributed by atoms with van der Waals surface area (Å²) in [5, 5.41) is 0. The van der Waals surface area contributed by atoms with Gasteiger partial charge in [0.1, 0.15) is 0 Å². The molecular formula is C11H20N2O2. The molecule has 1 saturated heterocycles. The van der Waals surface area contributed by atoms with E-state index in [0.717, 1.165) is 19.4 Å². The van der Waals surface area contributed by atoms with Crippen molar-refractivity contribution in [3.63, 3.8) is 0 Å². The third kappa shape index (κ3) is 3.91. The van der Waals surface area contributed by atoms with E-state index in [9.17, 15) is 4.79 Å². The lowest BCUT2D eigenvalue weighted by Crippen LogP contribution is -2.47. The number of urea groups is 1. The highest BCUT2D eigenvalue weighted by Crippen LogP contribution is 2.03. The summed E-state index contributed by atoms with van der Waals surface area (Å²) in [4.78, 5) is 15.5. The molecule has 1 fully saturated rings. The van der Waals surface area contributed by atoms with Gasteiger partial charge >= 0.3 is 6.03 Å². The molecule has 0 aromatic carbocycles. The predicted octanol–water partition coefficient (Wildman–Crippen LogP) is 1.34. The summed E-state index contributed by atoms with van der Waals surface area (Å²) < 4.78 is 5.20. The van der Waals surface area contributed by atoms with Crippen LogP contribution in [0.3, 0.4) is 0 Å². The molecule has 0 N–H and O–H groups in total. The normalized spacial score (nSPS) is 16.2. The standard InChI is InChI=1S/C11H20N2O2/c1-3-4-5-6-12(2)11(14)13-7-9-15-10-8-13/h3H,1,4-10H2,2H3. The van der Waals surface area contributed by atoms with Crippen LogP contribution in [0.25, 0.3) is 0 Å². The van der Waals surface area contributed by atoms with Gasteiger partial charge in [0.15, 0.2) is 0 Å². The second kappa shape index (κ2) is 6.45. The van der Waals surface area contributed by atoms with E-state index >= 15 is 0 Å². The Balaban J connectivity index is 2.27. The fraction of sp³-hybridized carbons (Fsp3) is 0.727. The van der Waals surface area contributed by atoms with Crippen molar-refractivity contribution in [2.75, 3.05) is 39.9 Å². The van der Waals surface area contributed by atoms with Gasteiger partial charge in [-0.1, -0.05) is 6.08 Å². The Morgan fingerprint density at radius 2 is 2.20 bits per heavy atom. The largest absolute Gasteiger partial charge is 0.378 e. The molecule has 0 aliphatic carbocycles. The lowest BCUT2D eigenvalue weighted by atomic mass is 10.3. The molecule has 86 valence electrons. The number of rotatable bonds is 4. The number of allylic oxidation sites excluding steroid dienone is 1. The molecule has 0 aromatic rings. The fourth-order valence-corrected chi connectivity index (χ4v) is 1.56. The molecule has 15 heavy (non-hydrogen) atoms. The van der Waals surface area contributed by atoms with Gasteiger partial charge in [0.2, 0.25) is 0 Å². The van der Waals surface area contributed by atoms with Crippen LogP contribution in [0.1, 0.15) is 12.8 Å². The topological polar surface area (TPSA) is 32.8 Å². The van der Waals surface area contributed by atoms with Crippen molar-refractivity contribution in [1.82, 2.24) is 9.80 Å². The smallest absolute Gasteiger partial charge is 0.319 e. The van der Waals surface area contributed by atoms with Gasteiger partial charge in [-0.15, -0.1) is 6.58 Å². The van der Waals surface area contributed by atoms with Gasteiger partial charge in [-0.3, -0.25) is 0 Å². The molecule has 0 aromatic heterocycles. The first kappa shape index (κ1) is 12.0. The third-order valence-electron chi connectivity index (χ3n) is 2.51. The average Bonchev–Trinajstić information content (AvgIpc) is 2.29. The van der Waals surface area contributed by atoms with E-state index in [1.54, 1.807) is 4.90 Å². The molecule has 1 heterocycles. The van der Waals surface area contributed by atoms with Gasteiger partial charge in [-0.25, -0.2) is 4.79 Å². The maximum atomic E-state index is 11.9. The van der Waals surface area contributed by atoms with Crippen LogP contribution in [-0.2, 0) is 4.74 Å². The molecule has 0 saturated carbocycles. The summed E-state index contributed by atoms with van der Waals surface area (Å²) in [5.74, 6) is 0. The average molecular weight is 212 g/mol. The minimum absolute atomic E-state index is 0.113. The lowest BCUT2D eigenvalue weighted by Gasteiger charge is -2.30. The van der Waals surface area contributed by atoms with Crippen LogP contribution in [0.5, 0.6) is 0 Å². The van der Waals surface area contributed by atoms with Gasteiger partial charge < -0.3 is 14.5 Å². The van der Waals surface area contributed by atoms with Gasteiger partial charge in [-0.2, -0.15) is 0 Å². The van der Waals surface area contributed by atoms with Crippen molar-refractivity contribution in [1.29, 1.82) is 0 Å². The predicted molar refractivity (Wildman–Crippen MR) is 59.8 cm³/mol. The molecule has 4 heteroatoms. The van der Waals surface area contributed by atoms with E-state index < -0.39 is 0 Å². The van der Waals surface area contributed by atoms with Crippen LogP contribution in [-0.4, -0.2) is 55.7 Å². The van der Waals surface area contributed by atoms with Gasteiger partial charge in [0.25, 0.3) is 0 Å². The van der Waals surface area contributed by atoms with Crippen molar-refractivity contribution in [2.24, 2.45) is 0 Å². The third-order valence-corrected chi connectivity index (χ3v) is 2.51. The Labute approximate surface area is 91.5 Å². The highest BCUT2D eigenvalue weighted by Gasteiger charge is 2.19. The Hall–Kier alpha value is -1.03. The van der Waals surface area contributed by atoms with Gasteiger partial charge in [0, 0.05) is 26.7 Å². The molecule has 1 aliphatic rings. The zero-order valence-electron chi connectivity index (χ0n) is 9.45. The number of carbonyl (C=O) groups is 1. The number of morpholine rings is 1. The van der Waals surface area contributed by atoms with Crippen LogP contribution >= 0.6 is 0 Å². The number of amides is 2. The summed E-state index contributed by atoms with van der Waals surface area (Å²) in [7, 11) is 1.85. The maximum absolute atomic E-state index is 11.9. The molecule has 0 unspecified atom stereocenters. The summed E-state index contributed by atoms with van der Waals surface area (Å²) >= 11 is 0. The molecule has 1 rings (SSSR count). The molecule has 0 atom stereocenters. The van der Waals surface area contributed by atoms with Crippen LogP contribution in [0.2, 0.25) is 0 Å². The van der Waals surface area contributed by atoms with E-state index in [-0.39, 0.29) is 6.03 Å². The molecule has 0 radical (unpaired) electrons. The van der Waals surface area contributed by atoms with Crippen molar-refractivity contribution >= 4 is 6.03 Å². The quantitative estimate of drug-likeness (QED) is 0.520. The lowest BCUT2D eigenvalue weighted by molar-refractivity contribution is 0.0453. The molecule has 4 nitrogen and oxygen atoms in total. The number of ether oxygens (including phenoxy) is 1. The van der Waals surface area contributed by atoms with Crippen LogP contribution < -0.4 is 0 Å². The van der Waals surface area contributed by atoms with E-state index in [4.69, 9.17) is 4.74 Å². The Morgan fingerprint density at radius 1 is 1.53 bits per heavy atom. The van der Waals surface area contributed by atoms with E-state index in [1.165, 1.54) is 0 Å². The van der Waals surface area contributed by atoms with E-state index in [0.29, 0.717) is 26.3 Å². The van der Waals surface area contributed by atoms with E-state index in [1.807, 2.05) is 18.0 Å². The van der Waals surface area contributed by atoms with Gasteiger partial charge in [0.05, 0.1) is 13.2 Å². The second-order valence-corrected chi connectivity index (χ2v) is 3.73. The highest BCUT2D eigenvalue weighted by molar-refractivity contribution is 5.74. The minimum atomic E-state index is 0.113. The first-order valence-electron chi connectivity index (χ1n) is 5.44. The maximum Gasteiger partial charge on any atom is 0.319 e. The Bertz CT molecular complexity index is 213. The Kier molecular flexibility index (Phi) is 5.18. The van der Waals surface area contributed by atoms with Crippen molar-refractivity contribution in [3.8, 4) is 0 Å². The SMILES string of the molecule is C=CCCCN(C)C(=O)N1CCOCC1. The number of hydrogen-bond acceptors (Lipinski definition) is 2. The van der Waals surface area contributed by atoms with Gasteiger partial charge in [-0.05, 0) is 12.8 Å². The van der Waals surface area contributed by atoms with Crippen LogP contribution in [0.15, 0.2) is 12.7 Å². The first-order valence-corrected chi connectivity index (χ1v) is 5.44. The highest BCUT2D eigenvalue weighted by atomic mass is 16.5. The number of unbranched alkanes of at least 4 members (excludes halogenated alkanes) is 1. The second-order valence-electron chi connectivity index (χ2n) is 3.73. The van der Waals surface area contributed by atoms with Crippen molar-refractivity contribution in [2.45, 2.75) is 12.8 Å². The minimum Gasteiger partial charge on any atom is -0.378 e. The van der Waals surface area contributed by atoms with E-state index in [2.05, 4.69) is 6.58 Å². The monoisotopic (exact) mass is 212 g/mol. The molecule has 0 bridgehead atoms. The number of nitrogens with zero attached hydrogens (tertiary/aromatic N) is 2. The van der Waals surface area contributed by atoms with Crippen LogP contribution in [0.4, 0.5) is 4.79 Å². The summed E-state index contributed by atoms with van der Waals surface area (Å²) in [6.07, 6.45) is 3.82. The molecular weight excluding hydrogens is 192 g/mol. The number of hydrogen-bond donors (Lipinski definition) is 0. The molecule has 1 aliphatic heterocycles. The van der Waals surface area contributed by atoms with Crippen molar-refractivity contribution in [3.05, 3.63) is 12.7 Å². The molecule has 2 amide bonds. The summed E-state index contributed by atoms with van der Waals surface area (Å²) in [6.45, 7) is 7.20. The summed E-state index contributed by atoms with van der Waals surface area (Å²) in [5.41, 5.74) is 0. The zero-order chi connectivity index (χ0) is 11.1. The number of carbonyl (C=O) groups excluding carboxylic acids is 1. The fourth-order valence-electron chi connectivity index (χ4n) is 1.56. The zero-order valence-corrected chi connectivity index (χ0v) is 9.45. The summed E-state index contributed by atoms with van der Waals surface area (Å²) in [6, 6.07) is 0.113. The van der Waals surface area contributed by atoms with Crippen LogP contribution in [0, 0.1) is 0 Å². The van der Waals surface area contributed by atoms with Crippen molar-refractivity contribution < 1.29 is 9.53 Å². The first-order chi connectivity index (χ1) is 7.25.